The van der Waals surface area contributed by atoms with Gasteiger partial charge in [0, 0.05) is 23.8 Å². The van der Waals surface area contributed by atoms with E-state index in [9.17, 15) is 15.0 Å². The number of aliphatic hydroxyl groups excluding tert-OH is 1. The van der Waals surface area contributed by atoms with E-state index in [0.29, 0.717) is 17.6 Å². The molecule has 6 rings (SSSR count). The van der Waals surface area contributed by atoms with Crippen molar-refractivity contribution in [3.05, 3.63) is 71.3 Å². The van der Waals surface area contributed by atoms with E-state index < -0.39 is 34.8 Å². The molecule has 8 atom stereocenters. The lowest BCUT2D eigenvalue weighted by molar-refractivity contribution is -0.433. The average molecular weight is 451 g/mol. The molecule has 174 valence electrons. The summed E-state index contributed by atoms with van der Waals surface area (Å²) in [5, 5.41) is 22.0. The van der Waals surface area contributed by atoms with E-state index in [0.717, 1.165) is 11.1 Å². The van der Waals surface area contributed by atoms with E-state index in [2.05, 4.69) is 13.5 Å². The Kier molecular flexibility index (Phi) is 4.24. The number of aliphatic hydroxyl groups is 2. The monoisotopic (exact) mass is 450 g/mol. The van der Waals surface area contributed by atoms with Crippen molar-refractivity contribution < 1.29 is 29.2 Å². The summed E-state index contributed by atoms with van der Waals surface area (Å²) in [6.45, 7) is 9.82. The maximum atomic E-state index is 13.3. The van der Waals surface area contributed by atoms with Crippen LogP contribution >= 0.6 is 0 Å². The Bertz CT molecular complexity index is 1120. The van der Waals surface area contributed by atoms with Gasteiger partial charge in [0.05, 0.1) is 12.2 Å². The number of benzene rings is 1. The lowest BCUT2D eigenvalue weighted by atomic mass is 9.55. The maximum Gasteiger partial charge on any atom is 0.313 e. The summed E-state index contributed by atoms with van der Waals surface area (Å²) in [5.41, 5.74) is -0.718. The number of rotatable bonds is 3. The van der Waals surface area contributed by atoms with Gasteiger partial charge in [-0.2, -0.15) is 0 Å². The van der Waals surface area contributed by atoms with Crippen molar-refractivity contribution in [3.63, 3.8) is 0 Å². The fraction of sp³-hybridized carbons (Fsp3) is 0.519. The summed E-state index contributed by atoms with van der Waals surface area (Å²) in [6.07, 6.45) is 4.06. The Hall–Kier alpha value is -2.09. The maximum absolute atomic E-state index is 13.3. The molecular weight excluding hydrogens is 420 g/mol. The van der Waals surface area contributed by atoms with Crippen LogP contribution in [0.2, 0.25) is 0 Å². The zero-order valence-corrected chi connectivity index (χ0v) is 19.2. The van der Waals surface area contributed by atoms with Gasteiger partial charge >= 0.3 is 5.97 Å². The minimum absolute atomic E-state index is 0.0706. The molecule has 6 nitrogen and oxygen atoms in total. The number of ketones is 1. The minimum Gasteiger partial charge on any atom is -0.392 e. The molecule has 33 heavy (non-hydrogen) atoms. The highest BCUT2D eigenvalue weighted by Gasteiger charge is 2.79. The number of hydrogen-bond acceptors (Lipinski definition) is 6. The van der Waals surface area contributed by atoms with E-state index >= 15 is 0 Å². The van der Waals surface area contributed by atoms with Gasteiger partial charge < -0.3 is 24.4 Å². The highest BCUT2D eigenvalue weighted by molar-refractivity contribution is 6.04. The molecule has 2 saturated heterocycles. The molecule has 1 aromatic rings. The van der Waals surface area contributed by atoms with Crippen LogP contribution in [-0.4, -0.2) is 45.5 Å². The second-order valence-electron chi connectivity index (χ2n) is 10.6. The Morgan fingerprint density at radius 1 is 1.21 bits per heavy atom. The standard InChI is InChI=1S/C27H30O6/c1-15(2)25-12-17(4)26-20(11-18(14-28)13-24(30)21(26)10-16(3)22(24)29)23(25)31-27(32-25,33-26)19-8-6-5-7-9-19/h5-11,17,20-21,23,28,30H,1,12-14H2,2-4H3/t17-,20+,21-,23-,24-,25-,26-,27?/m1/s1. The smallest absolute Gasteiger partial charge is 0.313 e. The van der Waals surface area contributed by atoms with Crippen LogP contribution in [0.5, 0.6) is 0 Å². The van der Waals surface area contributed by atoms with E-state index in [1.165, 1.54) is 0 Å². The number of hydrogen-bond donors (Lipinski definition) is 2. The number of carbonyl (C=O) groups is 1. The van der Waals surface area contributed by atoms with Gasteiger partial charge in [-0.3, -0.25) is 4.79 Å². The van der Waals surface area contributed by atoms with Crippen molar-refractivity contribution in [1.82, 2.24) is 0 Å². The molecule has 1 saturated carbocycles. The fourth-order valence-corrected chi connectivity index (χ4v) is 7.27. The molecule has 2 heterocycles. The first-order chi connectivity index (χ1) is 15.6. The minimum atomic E-state index is -1.68. The molecule has 0 aromatic heterocycles. The molecule has 2 aliphatic heterocycles. The summed E-state index contributed by atoms with van der Waals surface area (Å²) in [6, 6.07) is 9.56. The predicted molar refractivity (Wildman–Crippen MR) is 120 cm³/mol. The van der Waals surface area contributed by atoms with Gasteiger partial charge in [-0.05, 0) is 42.9 Å². The van der Waals surface area contributed by atoms with Crippen molar-refractivity contribution in [3.8, 4) is 0 Å². The molecule has 1 unspecified atom stereocenters. The van der Waals surface area contributed by atoms with E-state index in [1.807, 2.05) is 49.4 Å². The summed E-state index contributed by atoms with van der Waals surface area (Å²) >= 11 is 0. The summed E-state index contributed by atoms with van der Waals surface area (Å²) in [4.78, 5) is 13.3. The van der Waals surface area contributed by atoms with Gasteiger partial charge in [0.15, 0.2) is 5.78 Å². The molecule has 3 fully saturated rings. The highest BCUT2D eigenvalue weighted by Crippen LogP contribution is 2.69. The van der Waals surface area contributed by atoms with Crippen LogP contribution in [0.15, 0.2) is 65.8 Å². The number of ether oxygens (including phenoxy) is 3. The van der Waals surface area contributed by atoms with Gasteiger partial charge in [-0.15, -0.1) is 0 Å². The van der Waals surface area contributed by atoms with Crippen LogP contribution in [0.3, 0.4) is 0 Å². The SMILES string of the molecule is C=C(C)[C@]12C[C@@H](C)[C@@]34OC(c5ccccc5)(O[C@@H]1[C@@H]3C=C(CO)C[C@]1(O)C(=O)C(C)=C[C@@H]41)O2. The summed E-state index contributed by atoms with van der Waals surface area (Å²) < 4.78 is 20.4. The zero-order valence-electron chi connectivity index (χ0n) is 19.2. The third-order valence-corrected chi connectivity index (χ3v) is 8.73. The molecule has 1 aromatic carbocycles. The Morgan fingerprint density at radius 3 is 2.61 bits per heavy atom. The average Bonchev–Trinajstić information content (AvgIpc) is 3.11. The first kappa shape index (κ1) is 21.4. The second kappa shape index (κ2) is 6.52. The first-order valence-corrected chi connectivity index (χ1v) is 11.7. The number of Topliss-reactive ketones (excluding diaryl/α,β-unsaturated/α-hetero) is 1. The molecular formula is C27H30O6. The van der Waals surface area contributed by atoms with Crippen LogP contribution in [0.4, 0.5) is 0 Å². The normalized spacial score (nSPS) is 47.5. The molecule has 3 aliphatic carbocycles. The molecule has 5 aliphatic rings. The summed E-state index contributed by atoms with van der Waals surface area (Å²) in [5.74, 6) is -2.81. The molecule has 0 spiro atoms. The van der Waals surface area contributed by atoms with Crippen LogP contribution < -0.4 is 0 Å². The van der Waals surface area contributed by atoms with Crippen LogP contribution in [-0.2, 0) is 25.0 Å². The lowest BCUT2D eigenvalue weighted by Gasteiger charge is -2.59. The van der Waals surface area contributed by atoms with Gasteiger partial charge in [0.25, 0.3) is 0 Å². The van der Waals surface area contributed by atoms with Crippen LogP contribution in [0, 0.1) is 17.8 Å². The Morgan fingerprint density at radius 2 is 1.94 bits per heavy atom. The second-order valence-corrected chi connectivity index (χ2v) is 10.6. The largest absolute Gasteiger partial charge is 0.392 e. The summed E-state index contributed by atoms with van der Waals surface area (Å²) in [7, 11) is 0. The van der Waals surface area contributed by atoms with Crippen molar-refractivity contribution in [2.75, 3.05) is 6.61 Å². The fourth-order valence-electron chi connectivity index (χ4n) is 7.27. The third kappa shape index (κ3) is 2.38. The Labute approximate surface area is 193 Å². The van der Waals surface area contributed by atoms with Gasteiger partial charge in [0.1, 0.15) is 17.3 Å². The molecule has 3 bridgehead atoms. The quantitative estimate of drug-likeness (QED) is 0.689. The van der Waals surface area contributed by atoms with Gasteiger partial charge in [-0.25, -0.2) is 0 Å². The van der Waals surface area contributed by atoms with E-state index in [-0.39, 0.29) is 30.6 Å². The first-order valence-electron chi connectivity index (χ1n) is 11.7. The van der Waals surface area contributed by atoms with Crippen molar-refractivity contribution in [2.45, 2.75) is 62.5 Å². The Balaban J connectivity index is 1.65. The molecule has 2 N–H and O–H groups in total. The zero-order chi connectivity index (χ0) is 23.4. The van der Waals surface area contributed by atoms with Crippen LogP contribution in [0.1, 0.15) is 39.2 Å². The lowest BCUT2D eigenvalue weighted by Crippen LogP contribution is -2.70. The van der Waals surface area contributed by atoms with E-state index in [1.54, 1.807) is 6.92 Å². The van der Waals surface area contributed by atoms with Gasteiger partial charge in [-0.1, -0.05) is 56.0 Å². The van der Waals surface area contributed by atoms with Crippen molar-refractivity contribution in [2.24, 2.45) is 17.8 Å². The predicted octanol–water partition coefficient (Wildman–Crippen LogP) is 3.15. The number of carbonyl (C=O) groups excluding carboxylic acids is 1. The number of fused-ring (bicyclic) bond motifs is 2. The topological polar surface area (TPSA) is 85.2 Å². The van der Waals surface area contributed by atoms with Crippen molar-refractivity contribution >= 4 is 5.78 Å². The van der Waals surface area contributed by atoms with Crippen molar-refractivity contribution in [1.29, 1.82) is 0 Å². The van der Waals surface area contributed by atoms with E-state index in [4.69, 9.17) is 14.2 Å². The highest BCUT2D eigenvalue weighted by atomic mass is 16.9. The third-order valence-electron chi connectivity index (χ3n) is 8.73. The molecule has 6 heteroatoms. The van der Waals surface area contributed by atoms with Crippen LogP contribution in [0.25, 0.3) is 0 Å². The molecule has 0 amide bonds. The van der Waals surface area contributed by atoms with Gasteiger partial charge in [0.2, 0.25) is 0 Å². The molecule has 0 radical (unpaired) electrons.